The largest absolute Gasteiger partial charge is 0.388 e. The van der Waals surface area contributed by atoms with E-state index < -0.39 is 6.10 Å². The molecule has 1 atom stereocenters. The van der Waals surface area contributed by atoms with E-state index in [1.807, 2.05) is 25.1 Å². The summed E-state index contributed by atoms with van der Waals surface area (Å²) in [6.07, 6.45) is 2.23. The first kappa shape index (κ1) is 14.9. The van der Waals surface area contributed by atoms with Crippen molar-refractivity contribution < 1.29 is 9.90 Å². The number of aliphatic hydroxyl groups excluding tert-OH is 1. The lowest BCUT2D eigenvalue weighted by atomic mass is 10.00. The van der Waals surface area contributed by atoms with Crippen LogP contribution in [0.25, 0.3) is 0 Å². The molecule has 0 aliphatic carbocycles. The number of hydrogen-bond acceptors (Lipinski definition) is 3. The zero-order chi connectivity index (χ0) is 14.5. The second-order valence-electron chi connectivity index (χ2n) is 5.44. The maximum Gasteiger partial charge on any atom is 0.217 e. The predicted molar refractivity (Wildman–Crippen MR) is 80.7 cm³/mol. The molecular weight excluding hydrogens is 252 g/mol. The zero-order valence-corrected chi connectivity index (χ0v) is 12.3. The summed E-state index contributed by atoms with van der Waals surface area (Å²) in [4.78, 5) is 13.4. The number of nitrogens with one attached hydrogen (secondary N) is 1. The summed E-state index contributed by atoms with van der Waals surface area (Å²) in [7, 11) is 0. The molecule has 20 heavy (non-hydrogen) atoms. The van der Waals surface area contributed by atoms with Gasteiger partial charge in [-0.05, 0) is 25.3 Å². The van der Waals surface area contributed by atoms with Gasteiger partial charge in [-0.3, -0.25) is 4.79 Å². The molecule has 0 aromatic heterocycles. The fourth-order valence-corrected chi connectivity index (χ4v) is 2.83. The highest BCUT2D eigenvalue weighted by Gasteiger charge is 2.22. The van der Waals surface area contributed by atoms with E-state index in [4.69, 9.17) is 0 Å². The van der Waals surface area contributed by atoms with Gasteiger partial charge in [-0.1, -0.05) is 25.1 Å². The lowest BCUT2D eigenvalue weighted by molar-refractivity contribution is -0.119. The van der Waals surface area contributed by atoms with Gasteiger partial charge in [-0.15, -0.1) is 0 Å². The Bertz CT molecular complexity index is 454. The molecule has 2 rings (SSSR count). The summed E-state index contributed by atoms with van der Waals surface area (Å²) in [5, 5.41) is 13.1. The molecule has 0 bridgehead atoms. The molecule has 1 aromatic carbocycles. The number of aliphatic hydroxyl groups is 1. The third kappa shape index (κ3) is 3.51. The molecule has 1 fully saturated rings. The van der Waals surface area contributed by atoms with Crippen LogP contribution in [0.2, 0.25) is 0 Å². The lowest BCUT2D eigenvalue weighted by Crippen LogP contribution is -2.44. The number of rotatable bonds is 4. The average Bonchev–Trinajstić information content (AvgIpc) is 2.46. The van der Waals surface area contributed by atoms with Crippen molar-refractivity contribution in [2.45, 2.75) is 45.3 Å². The Balaban J connectivity index is 2.05. The minimum atomic E-state index is -0.403. The van der Waals surface area contributed by atoms with E-state index in [9.17, 15) is 9.90 Å². The summed E-state index contributed by atoms with van der Waals surface area (Å²) in [5.74, 6) is 0.0465. The van der Waals surface area contributed by atoms with Gasteiger partial charge in [0.15, 0.2) is 0 Å². The quantitative estimate of drug-likeness (QED) is 0.886. The molecular formula is C16H24N2O2. The fourth-order valence-electron chi connectivity index (χ4n) is 2.83. The van der Waals surface area contributed by atoms with Crippen LogP contribution in [0.3, 0.4) is 0 Å². The highest BCUT2D eigenvalue weighted by Crippen LogP contribution is 2.30. The number of benzene rings is 1. The molecule has 1 aliphatic heterocycles. The van der Waals surface area contributed by atoms with E-state index in [0.29, 0.717) is 0 Å². The lowest BCUT2D eigenvalue weighted by Gasteiger charge is -2.35. The van der Waals surface area contributed by atoms with Crippen LogP contribution in [0.4, 0.5) is 5.69 Å². The zero-order valence-electron chi connectivity index (χ0n) is 12.3. The van der Waals surface area contributed by atoms with Crippen molar-refractivity contribution in [3.8, 4) is 0 Å². The second kappa shape index (κ2) is 6.75. The molecule has 2 N–H and O–H groups in total. The summed E-state index contributed by atoms with van der Waals surface area (Å²) < 4.78 is 0. The molecule has 0 radical (unpaired) electrons. The molecule has 0 spiro atoms. The molecule has 110 valence electrons. The second-order valence-corrected chi connectivity index (χ2v) is 5.44. The number of nitrogens with zero attached hydrogens (tertiary/aromatic N) is 1. The van der Waals surface area contributed by atoms with Gasteiger partial charge in [0.1, 0.15) is 0 Å². The molecule has 1 amide bonds. The van der Waals surface area contributed by atoms with Gasteiger partial charge in [-0.2, -0.15) is 0 Å². The van der Waals surface area contributed by atoms with Crippen molar-refractivity contribution in [3.05, 3.63) is 29.8 Å². The molecule has 0 saturated carbocycles. The van der Waals surface area contributed by atoms with Crippen molar-refractivity contribution in [2.75, 3.05) is 18.0 Å². The third-order valence-corrected chi connectivity index (χ3v) is 3.93. The number of hydrogen-bond donors (Lipinski definition) is 2. The first-order valence-electron chi connectivity index (χ1n) is 7.40. The number of piperidine rings is 1. The van der Waals surface area contributed by atoms with Crippen molar-refractivity contribution in [1.82, 2.24) is 5.32 Å². The van der Waals surface area contributed by atoms with E-state index in [2.05, 4.69) is 16.3 Å². The summed E-state index contributed by atoms with van der Waals surface area (Å²) >= 11 is 0. The number of amides is 1. The molecule has 4 nitrogen and oxygen atoms in total. The topological polar surface area (TPSA) is 52.6 Å². The van der Waals surface area contributed by atoms with Gasteiger partial charge in [0, 0.05) is 37.3 Å². The maximum absolute atomic E-state index is 11.1. The normalized spacial score (nSPS) is 17.9. The van der Waals surface area contributed by atoms with Crippen LogP contribution in [0.1, 0.15) is 44.8 Å². The van der Waals surface area contributed by atoms with Gasteiger partial charge in [0.2, 0.25) is 5.91 Å². The molecule has 1 heterocycles. The smallest absolute Gasteiger partial charge is 0.217 e. The number of para-hydroxylation sites is 1. The number of carbonyl (C=O) groups is 1. The minimum Gasteiger partial charge on any atom is -0.388 e. The predicted octanol–water partition coefficient (Wildman–Crippen LogP) is 2.23. The van der Waals surface area contributed by atoms with Crippen LogP contribution < -0.4 is 10.2 Å². The monoisotopic (exact) mass is 276 g/mol. The van der Waals surface area contributed by atoms with Crippen molar-refractivity contribution >= 4 is 11.6 Å². The van der Waals surface area contributed by atoms with E-state index in [0.717, 1.165) is 43.6 Å². The van der Waals surface area contributed by atoms with Crippen LogP contribution in [0.5, 0.6) is 0 Å². The minimum absolute atomic E-state index is 0.0465. The van der Waals surface area contributed by atoms with Crippen LogP contribution in [-0.4, -0.2) is 30.1 Å². The molecule has 1 aromatic rings. The first-order chi connectivity index (χ1) is 9.61. The van der Waals surface area contributed by atoms with Gasteiger partial charge in [-0.25, -0.2) is 0 Å². The van der Waals surface area contributed by atoms with Gasteiger partial charge >= 0.3 is 0 Å². The Hall–Kier alpha value is -1.55. The maximum atomic E-state index is 11.1. The van der Waals surface area contributed by atoms with Crippen molar-refractivity contribution in [3.63, 3.8) is 0 Å². The van der Waals surface area contributed by atoms with E-state index >= 15 is 0 Å². The Morgan fingerprint density at radius 2 is 2.05 bits per heavy atom. The fraction of sp³-hybridized carbons (Fsp3) is 0.562. The highest BCUT2D eigenvalue weighted by molar-refractivity contribution is 5.73. The standard InChI is InChI=1S/C16H24N2O2/c1-3-16(20)14-6-4-5-7-15(14)18-10-8-13(9-11-18)17-12(2)19/h4-7,13,16,20H,3,8-11H2,1-2H3,(H,17,19)/t16-/m0/s1. The van der Waals surface area contributed by atoms with Crippen LogP contribution in [0, 0.1) is 0 Å². The SMILES string of the molecule is CC[C@H](O)c1ccccc1N1CCC(NC(C)=O)CC1. The molecule has 1 saturated heterocycles. The summed E-state index contributed by atoms with van der Waals surface area (Å²) in [5.41, 5.74) is 2.14. The van der Waals surface area contributed by atoms with Gasteiger partial charge in [0.25, 0.3) is 0 Å². The molecule has 1 aliphatic rings. The highest BCUT2D eigenvalue weighted by atomic mass is 16.3. The van der Waals surface area contributed by atoms with Crippen LogP contribution in [0.15, 0.2) is 24.3 Å². The Labute approximate surface area is 120 Å². The molecule has 0 unspecified atom stereocenters. The summed E-state index contributed by atoms with van der Waals surface area (Å²) in [6.45, 7) is 5.39. The van der Waals surface area contributed by atoms with Gasteiger partial charge in [0.05, 0.1) is 6.10 Å². The number of carbonyl (C=O) groups excluding carboxylic acids is 1. The van der Waals surface area contributed by atoms with Crippen LogP contribution in [-0.2, 0) is 4.79 Å². The number of anilines is 1. The summed E-state index contributed by atoms with van der Waals surface area (Å²) in [6, 6.07) is 8.35. The average molecular weight is 276 g/mol. The van der Waals surface area contributed by atoms with Crippen molar-refractivity contribution in [1.29, 1.82) is 0 Å². The Kier molecular flexibility index (Phi) is 5.01. The third-order valence-electron chi connectivity index (χ3n) is 3.93. The van der Waals surface area contributed by atoms with E-state index in [-0.39, 0.29) is 11.9 Å². The first-order valence-corrected chi connectivity index (χ1v) is 7.40. The Morgan fingerprint density at radius 3 is 2.65 bits per heavy atom. The Morgan fingerprint density at radius 1 is 1.40 bits per heavy atom. The van der Waals surface area contributed by atoms with E-state index in [1.165, 1.54) is 0 Å². The van der Waals surface area contributed by atoms with Crippen LogP contribution >= 0.6 is 0 Å². The molecule has 4 heteroatoms. The van der Waals surface area contributed by atoms with Gasteiger partial charge < -0.3 is 15.3 Å². The van der Waals surface area contributed by atoms with Crippen molar-refractivity contribution in [2.24, 2.45) is 0 Å². The van der Waals surface area contributed by atoms with E-state index in [1.54, 1.807) is 6.92 Å².